The molecule has 132 valence electrons. The maximum atomic E-state index is 13.7. The number of nitrogens with zero attached hydrogens (tertiary/aromatic N) is 1. The first-order valence-corrected chi connectivity index (χ1v) is 8.56. The molecule has 0 radical (unpaired) electrons. The van der Waals surface area contributed by atoms with Crippen molar-refractivity contribution in [2.75, 3.05) is 11.9 Å². The molecule has 0 spiro atoms. The van der Waals surface area contributed by atoms with Crippen LogP contribution in [0.2, 0.25) is 0 Å². The van der Waals surface area contributed by atoms with Crippen LogP contribution in [0.3, 0.4) is 0 Å². The molecule has 25 heavy (non-hydrogen) atoms. The van der Waals surface area contributed by atoms with E-state index in [2.05, 4.69) is 17.1 Å². The van der Waals surface area contributed by atoms with Gasteiger partial charge in [-0.05, 0) is 43.4 Å². The van der Waals surface area contributed by atoms with Crippen molar-refractivity contribution in [1.82, 2.24) is 4.90 Å². The van der Waals surface area contributed by atoms with Gasteiger partial charge < -0.3 is 5.32 Å². The zero-order chi connectivity index (χ0) is 17.8. The van der Waals surface area contributed by atoms with Gasteiger partial charge in [-0.3, -0.25) is 9.69 Å². The topological polar surface area (TPSA) is 32.3 Å². The molecule has 3 nitrogen and oxygen atoms in total. The van der Waals surface area contributed by atoms with Gasteiger partial charge in [0.2, 0.25) is 5.91 Å². The lowest BCUT2D eigenvalue weighted by Gasteiger charge is -2.28. The Morgan fingerprint density at radius 2 is 1.92 bits per heavy atom. The van der Waals surface area contributed by atoms with Crippen LogP contribution in [0, 0.1) is 17.6 Å². The summed E-state index contributed by atoms with van der Waals surface area (Å²) in [5.74, 6) is -0.959. The van der Waals surface area contributed by atoms with Gasteiger partial charge in [-0.1, -0.05) is 30.3 Å². The summed E-state index contributed by atoms with van der Waals surface area (Å²) in [6.07, 6.45) is 2.35. The molecule has 1 N–H and O–H groups in total. The number of hydrogen-bond donors (Lipinski definition) is 1. The van der Waals surface area contributed by atoms with Crippen molar-refractivity contribution >= 4 is 11.6 Å². The van der Waals surface area contributed by atoms with Crippen LogP contribution in [-0.2, 0) is 11.3 Å². The molecular formula is C20H22F2N2O. The Morgan fingerprint density at radius 3 is 2.60 bits per heavy atom. The van der Waals surface area contributed by atoms with E-state index in [1.54, 1.807) is 0 Å². The SMILES string of the molecule is C[C@@H](C1CC1)N(CC(=O)Nc1cc(F)ccc1F)Cc1ccccc1. The second-order valence-electron chi connectivity index (χ2n) is 6.64. The van der Waals surface area contributed by atoms with E-state index < -0.39 is 11.6 Å². The minimum Gasteiger partial charge on any atom is -0.322 e. The van der Waals surface area contributed by atoms with Crippen LogP contribution in [0.5, 0.6) is 0 Å². The van der Waals surface area contributed by atoms with Gasteiger partial charge in [-0.15, -0.1) is 0 Å². The molecule has 1 aliphatic carbocycles. The minimum absolute atomic E-state index is 0.122. The lowest BCUT2D eigenvalue weighted by molar-refractivity contribution is -0.118. The fourth-order valence-electron chi connectivity index (χ4n) is 3.01. The third-order valence-electron chi connectivity index (χ3n) is 4.66. The summed E-state index contributed by atoms with van der Waals surface area (Å²) in [4.78, 5) is 14.5. The van der Waals surface area contributed by atoms with E-state index in [0.29, 0.717) is 12.5 Å². The van der Waals surface area contributed by atoms with E-state index in [4.69, 9.17) is 0 Å². The normalized spacial score (nSPS) is 15.2. The smallest absolute Gasteiger partial charge is 0.238 e. The number of hydrogen-bond acceptors (Lipinski definition) is 2. The van der Waals surface area contributed by atoms with Gasteiger partial charge in [-0.25, -0.2) is 8.78 Å². The number of amides is 1. The van der Waals surface area contributed by atoms with Gasteiger partial charge in [0, 0.05) is 18.7 Å². The van der Waals surface area contributed by atoms with Crippen molar-refractivity contribution in [2.45, 2.75) is 32.4 Å². The molecule has 0 unspecified atom stereocenters. The van der Waals surface area contributed by atoms with Crippen molar-refractivity contribution in [1.29, 1.82) is 0 Å². The summed E-state index contributed by atoms with van der Waals surface area (Å²) in [5.41, 5.74) is 1.00. The lowest BCUT2D eigenvalue weighted by Crippen LogP contribution is -2.40. The number of carbonyl (C=O) groups excluding carboxylic acids is 1. The van der Waals surface area contributed by atoms with E-state index in [9.17, 15) is 13.6 Å². The van der Waals surface area contributed by atoms with E-state index >= 15 is 0 Å². The highest BCUT2D eigenvalue weighted by Crippen LogP contribution is 2.35. The molecule has 5 heteroatoms. The predicted octanol–water partition coefficient (Wildman–Crippen LogP) is 4.20. The molecule has 1 atom stereocenters. The summed E-state index contributed by atoms with van der Waals surface area (Å²) in [6, 6.07) is 13.3. The highest BCUT2D eigenvalue weighted by Gasteiger charge is 2.32. The molecule has 1 fully saturated rings. The quantitative estimate of drug-likeness (QED) is 0.816. The molecule has 0 aromatic heterocycles. The summed E-state index contributed by atoms with van der Waals surface area (Å²) in [5, 5.41) is 2.49. The first-order valence-electron chi connectivity index (χ1n) is 8.56. The van der Waals surface area contributed by atoms with Crippen LogP contribution in [-0.4, -0.2) is 23.4 Å². The van der Waals surface area contributed by atoms with Gasteiger partial charge in [0.25, 0.3) is 0 Å². The zero-order valence-corrected chi connectivity index (χ0v) is 14.2. The largest absolute Gasteiger partial charge is 0.322 e. The van der Waals surface area contributed by atoms with E-state index in [-0.39, 0.29) is 24.2 Å². The maximum absolute atomic E-state index is 13.7. The minimum atomic E-state index is -0.639. The molecule has 2 aromatic carbocycles. The molecular weight excluding hydrogens is 322 g/mol. The Kier molecular flexibility index (Phi) is 5.43. The van der Waals surface area contributed by atoms with Crippen molar-refractivity contribution in [3.63, 3.8) is 0 Å². The average Bonchev–Trinajstić information content (AvgIpc) is 3.43. The highest BCUT2D eigenvalue weighted by molar-refractivity contribution is 5.92. The molecule has 0 heterocycles. The highest BCUT2D eigenvalue weighted by atomic mass is 19.1. The Bertz CT molecular complexity index is 732. The van der Waals surface area contributed by atoms with Crippen molar-refractivity contribution < 1.29 is 13.6 Å². The van der Waals surface area contributed by atoms with Gasteiger partial charge in [-0.2, -0.15) is 0 Å². The Labute approximate surface area is 146 Å². The average molecular weight is 344 g/mol. The number of carbonyl (C=O) groups is 1. The second-order valence-corrected chi connectivity index (χ2v) is 6.64. The molecule has 1 amide bonds. The summed E-state index contributed by atoms with van der Waals surface area (Å²) in [6.45, 7) is 2.91. The van der Waals surface area contributed by atoms with E-state index in [1.165, 1.54) is 12.8 Å². The van der Waals surface area contributed by atoms with Crippen LogP contribution in [0.1, 0.15) is 25.3 Å². The molecule has 0 saturated heterocycles. The maximum Gasteiger partial charge on any atom is 0.238 e. The molecule has 1 saturated carbocycles. The first-order chi connectivity index (χ1) is 12.0. The Hall–Kier alpha value is -2.27. The third kappa shape index (κ3) is 4.86. The van der Waals surface area contributed by atoms with Gasteiger partial charge in [0.15, 0.2) is 0 Å². The Balaban J connectivity index is 1.68. The number of anilines is 1. The number of benzene rings is 2. The fraction of sp³-hybridized carbons (Fsp3) is 0.350. The second kappa shape index (κ2) is 7.74. The van der Waals surface area contributed by atoms with Gasteiger partial charge in [0.05, 0.1) is 12.2 Å². The van der Waals surface area contributed by atoms with Crippen LogP contribution in [0.15, 0.2) is 48.5 Å². The van der Waals surface area contributed by atoms with Crippen LogP contribution >= 0.6 is 0 Å². The number of rotatable bonds is 7. The summed E-state index contributed by atoms with van der Waals surface area (Å²) < 4.78 is 27.0. The monoisotopic (exact) mass is 344 g/mol. The predicted molar refractivity (Wildman–Crippen MR) is 94.0 cm³/mol. The molecule has 3 rings (SSSR count). The van der Waals surface area contributed by atoms with Crippen LogP contribution in [0.25, 0.3) is 0 Å². The van der Waals surface area contributed by atoms with Crippen LogP contribution < -0.4 is 5.32 Å². The molecule has 1 aliphatic rings. The van der Waals surface area contributed by atoms with E-state index in [1.807, 2.05) is 30.3 Å². The summed E-state index contributed by atoms with van der Waals surface area (Å²) in [7, 11) is 0. The third-order valence-corrected chi connectivity index (χ3v) is 4.66. The van der Waals surface area contributed by atoms with Crippen molar-refractivity contribution in [3.05, 3.63) is 65.7 Å². The van der Waals surface area contributed by atoms with Crippen LogP contribution in [0.4, 0.5) is 14.5 Å². The van der Waals surface area contributed by atoms with Gasteiger partial charge in [0.1, 0.15) is 11.6 Å². The molecule has 2 aromatic rings. The Morgan fingerprint density at radius 1 is 1.20 bits per heavy atom. The van der Waals surface area contributed by atoms with E-state index in [0.717, 1.165) is 23.8 Å². The number of halogens is 2. The van der Waals surface area contributed by atoms with Crippen molar-refractivity contribution in [3.8, 4) is 0 Å². The molecule has 0 aliphatic heterocycles. The van der Waals surface area contributed by atoms with Gasteiger partial charge >= 0.3 is 0 Å². The molecule has 0 bridgehead atoms. The number of nitrogens with one attached hydrogen (secondary N) is 1. The fourth-order valence-corrected chi connectivity index (χ4v) is 3.01. The zero-order valence-electron chi connectivity index (χ0n) is 14.2. The lowest BCUT2D eigenvalue weighted by atomic mass is 10.1. The van der Waals surface area contributed by atoms with Crippen molar-refractivity contribution in [2.24, 2.45) is 5.92 Å². The standard InChI is InChI=1S/C20H22F2N2O/c1-14(16-7-8-16)24(12-15-5-3-2-4-6-15)13-20(25)23-19-11-17(21)9-10-18(19)22/h2-6,9-11,14,16H,7-8,12-13H2,1H3,(H,23,25)/t14-/m0/s1. The summed E-state index contributed by atoms with van der Waals surface area (Å²) >= 11 is 0. The first kappa shape index (κ1) is 17.5.